The van der Waals surface area contributed by atoms with Crippen molar-refractivity contribution in [3.63, 3.8) is 0 Å². The summed E-state index contributed by atoms with van der Waals surface area (Å²) in [6.07, 6.45) is 7.76. The molecule has 2 nitrogen and oxygen atoms in total. The van der Waals surface area contributed by atoms with Crippen LogP contribution in [0.3, 0.4) is 0 Å². The minimum absolute atomic E-state index is 0.338. The molecule has 2 heteroatoms. The van der Waals surface area contributed by atoms with Crippen molar-refractivity contribution in [2.24, 2.45) is 17.8 Å². The third kappa shape index (κ3) is 1.32. The van der Waals surface area contributed by atoms with Crippen molar-refractivity contribution in [1.82, 2.24) is 0 Å². The molecule has 0 aromatic rings. The topological polar surface area (TPSA) is 18.5 Å². The number of hydrogen-bond acceptors (Lipinski definition) is 2. The molecule has 1 saturated heterocycles. The Hall–Kier alpha value is -0.340. The van der Waals surface area contributed by atoms with E-state index in [2.05, 4.69) is 12.2 Å². The normalized spacial score (nSPS) is 49.0. The first-order chi connectivity index (χ1) is 6.64. The quantitative estimate of drug-likeness (QED) is 0.596. The van der Waals surface area contributed by atoms with Gasteiger partial charge in [0.1, 0.15) is 0 Å². The molecule has 3 aliphatic rings. The zero-order valence-electron chi connectivity index (χ0n) is 8.90. The molecule has 0 aromatic carbocycles. The van der Waals surface area contributed by atoms with Crippen LogP contribution in [0, 0.1) is 17.8 Å². The van der Waals surface area contributed by atoms with Crippen LogP contribution in [0.2, 0.25) is 0 Å². The van der Waals surface area contributed by atoms with Gasteiger partial charge in [-0.3, -0.25) is 0 Å². The van der Waals surface area contributed by atoms with E-state index in [9.17, 15) is 0 Å². The highest BCUT2D eigenvalue weighted by Gasteiger charge is 2.45. The van der Waals surface area contributed by atoms with E-state index in [1.165, 1.54) is 12.8 Å². The van der Waals surface area contributed by atoms with Crippen LogP contribution in [0.5, 0.6) is 0 Å². The van der Waals surface area contributed by atoms with Gasteiger partial charge in [-0.15, -0.1) is 0 Å². The Balaban J connectivity index is 1.71. The average molecular weight is 194 g/mol. The van der Waals surface area contributed by atoms with Gasteiger partial charge in [-0.1, -0.05) is 12.2 Å². The van der Waals surface area contributed by atoms with Gasteiger partial charge < -0.3 is 9.47 Å². The SMILES string of the molecule is CC1(C)OCC(C2C[C@@H]3C=C[C@H]2C3)O1. The van der Waals surface area contributed by atoms with Crippen LogP contribution in [-0.2, 0) is 9.47 Å². The van der Waals surface area contributed by atoms with Crippen LogP contribution in [0.1, 0.15) is 26.7 Å². The van der Waals surface area contributed by atoms with Crippen LogP contribution < -0.4 is 0 Å². The average Bonchev–Trinajstić information content (AvgIpc) is 2.77. The largest absolute Gasteiger partial charge is 0.348 e. The van der Waals surface area contributed by atoms with Crippen LogP contribution in [0.4, 0.5) is 0 Å². The second-order valence-corrected chi connectivity index (χ2v) is 5.31. The number of rotatable bonds is 1. The van der Waals surface area contributed by atoms with E-state index < -0.39 is 0 Å². The molecule has 1 heterocycles. The van der Waals surface area contributed by atoms with Gasteiger partial charge in [0.25, 0.3) is 0 Å². The van der Waals surface area contributed by atoms with E-state index >= 15 is 0 Å². The maximum absolute atomic E-state index is 5.93. The van der Waals surface area contributed by atoms with Crippen molar-refractivity contribution in [2.75, 3.05) is 6.61 Å². The van der Waals surface area contributed by atoms with E-state index in [1.807, 2.05) is 13.8 Å². The Labute approximate surface area is 85.3 Å². The molecule has 0 spiro atoms. The Morgan fingerprint density at radius 2 is 2.07 bits per heavy atom. The molecule has 2 unspecified atom stereocenters. The molecule has 1 aliphatic heterocycles. The lowest BCUT2D eigenvalue weighted by Gasteiger charge is -2.25. The standard InChI is InChI=1S/C12H18O2/c1-12(2)13-7-11(14-12)10-6-8-3-4-9(10)5-8/h3-4,8-11H,5-7H2,1-2H3/t8-,9+,10?,11?/m1/s1. The highest BCUT2D eigenvalue weighted by Crippen LogP contribution is 2.47. The van der Waals surface area contributed by atoms with E-state index in [0.29, 0.717) is 12.0 Å². The Kier molecular flexibility index (Phi) is 1.80. The minimum Gasteiger partial charge on any atom is -0.348 e. The number of hydrogen-bond donors (Lipinski definition) is 0. The lowest BCUT2D eigenvalue weighted by Crippen LogP contribution is -2.29. The van der Waals surface area contributed by atoms with Gasteiger partial charge in [-0.2, -0.15) is 0 Å². The second-order valence-electron chi connectivity index (χ2n) is 5.31. The maximum atomic E-state index is 5.93. The van der Waals surface area contributed by atoms with Crippen molar-refractivity contribution < 1.29 is 9.47 Å². The summed E-state index contributed by atoms with van der Waals surface area (Å²) in [7, 11) is 0. The van der Waals surface area contributed by atoms with Gasteiger partial charge in [0.05, 0.1) is 12.7 Å². The van der Waals surface area contributed by atoms with E-state index in [1.54, 1.807) is 0 Å². The Morgan fingerprint density at radius 1 is 1.21 bits per heavy atom. The summed E-state index contributed by atoms with van der Waals surface area (Å²) in [4.78, 5) is 0. The number of allylic oxidation sites excluding steroid dienone is 2. The number of fused-ring (bicyclic) bond motifs is 2. The molecule has 3 rings (SSSR count). The Morgan fingerprint density at radius 3 is 2.57 bits per heavy atom. The highest BCUT2D eigenvalue weighted by atomic mass is 16.7. The van der Waals surface area contributed by atoms with Crippen LogP contribution in [-0.4, -0.2) is 18.5 Å². The lowest BCUT2D eigenvalue weighted by molar-refractivity contribution is -0.145. The molecule has 0 aromatic heterocycles. The van der Waals surface area contributed by atoms with Crippen LogP contribution in [0.25, 0.3) is 0 Å². The zero-order chi connectivity index (χ0) is 9.76. The molecule has 0 radical (unpaired) electrons. The van der Waals surface area contributed by atoms with Crippen LogP contribution in [0.15, 0.2) is 12.2 Å². The molecule has 4 atom stereocenters. The molecule has 2 fully saturated rings. The van der Waals surface area contributed by atoms with Gasteiger partial charge in [0, 0.05) is 0 Å². The molecule has 2 bridgehead atoms. The highest BCUT2D eigenvalue weighted by molar-refractivity contribution is 5.11. The predicted octanol–water partition coefficient (Wildman–Crippen LogP) is 2.35. The maximum Gasteiger partial charge on any atom is 0.163 e. The van der Waals surface area contributed by atoms with Crippen molar-refractivity contribution in [3.05, 3.63) is 12.2 Å². The first kappa shape index (κ1) is 8.93. The van der Waals surface area contributed by atoms with Gasteiger partial charge in [0.15, 0.2) is 5.79 Å². The smallest absolute Gasteiger partial charge is 0.163 e. The molecule has 78 valence electrons. The number of ether oxygens (including phenoxy) is 2. The van der Waals surface area contributed by atoms with E-state index in [-0.39, 0.29) is 5.79 Å². The fourth-order valence-corrected chi connectivity index (χ4v) is 3.18. The van der Waals surface area contributed by atoms with Crippen molar-refractivity contribution in [3.8, 4) is 0 Å². The molecule has 14 heavy (non-hydrogen) atoms. The van der Waals surface area contributed by atoms with Gasteiger partial charge in [-0.25, -0.2) is 0 Å². The molecular weight excluding hydrogens is 176 g/mol. The monoisotopic (exact) mass is 194 g/mol. The predicted molar refractivity (Wildman–Crippen MR) is 53.7 cm³/mol. The first-order valence-electron chi connectivity index (χ1n) is 5.64. The summed E-state index contributed by atoms with van der Waals surface area (Å²) in [5.41, 5.74) is 0. The van der Waals surface area contributed by atoms with Gasteiger partial charge in [0.2, 0.25) is 0 Å². The Bertz CT molecular complexity index is 269. The molecule has 1 saturated carbocycles. The third-order valence-corrected chi connectivity index (χ3v) is 3.84. The fraction of sp³-hybridized carbons (Fsp3) is 0.833. The third-order valence-electron chi connectivity index (χ3n) is 3.84. The van der Waals surface area contributed by atoms with E-state index in [0.717, 1.165) is 18.4 Å². The molecule has 0 amide bonds. The minimum atomic E-state index is -0.351. The van der Waals surface area contributed by atoms with E-state index in [4.69, 9.17) is 9.47 Å². The summed E-state index contributed by atoms with van der Waals surface area (Å²) < 4.78 is 11.6. The van der Waals surface area contributed by atoms with Gasteiger partial charge in [-0.05, 0) is 44.4 Å². The fourth-order valence-electron chi connectivity index (χ4n) is 3.18. The zero-order valence-corrected chi connectivity index (χ0v) is 8.90. The van der Waals surface area contributed by atoms with Crippen LogP contribution >= 0.6 is 0 Å². The molecule has 0 N–H and O–H groups in total. The summed E-state index contributed by atoms with van der Waals surface area (Å²) in [5.74, 6) is 1.96. The lowest BCUT2D eigenvalue weighted by atomic mass is 9.89. The summed E-state index contributed by atoms with van der Waals surface area (Å²) in [6, 6.07) is 0. The second kappa shape index (κ2) is 2.83. The van der Waals surface area contributed by atoms with Crippen molar-refractivity contribution >= 4 is 0 Å². The first-order valence-corrected chi connectivity index (χ1v) is 5.64. The summed E-state index contributed by atoms with van der Waals surface area (Å²) >= 11 is 0. The van der Waals surface area contributed by atoms with Gasteiger partial charge >= 0.3 is 0 Å². The molecular formula is C12H18O2. The van der Waals surface area contributed by atoms with Crippen molar-refractivity contribution in [1.29, 1.82) is 0 Å². The summed E-state index contributed by atoms with van der Waals surface area (Å²) in [5, 5.41) is 0. The molecule has 2 aliphatic carbocycles. The summed E-state index contributed by atoms with van der Waals surface area (Å²) in [6.45, 7) is 4.81. The van der Waals surface area contributed by atoms with Crippen molar-refractivity contribution in [2.45, 2.75) is 38.6 Å².